The highest BCUT2D eigenvalue weighted by atomic mass is 19.1. The predicted octanol–water partition coefficient (Wildman–Crippen LogP) is 3.56. The first-order valence-corrected chi connectivity index (χ1v) is 6.81. The van der Waals surface area contributed by atoms with Crippen LogP contribution in [0.5, 0.6) is 0 Å². The average molecular weight is 303 g/mol. The summed E-state index contributed by atoms with van der Waals surface area (Å²) in [6, 6.07) is 14.2. The number of rotatable bonds is 3. The number of benzene rings is 2. The maximum atomic E-state index is 12.9. The van der Waals surface area contributed by atoms with Crippen LogP contribution in [0.25, 0.3) is 17.1 Å². The van der Waals surface area contributed by atoms with Gasteiger partial charge >= 0.3 is 0 Å². The average Bonchev–Trinajstić information content (AvgIpc) is 2.59. The molecule has 3 aromatic rings. The van der Waals surface area contributed by atoms with Crippen molar-refractivity contribution in [1.82, 2.24) is 9.97 Å². The Labute approximate surface area is 131 Å². The molecular weight excluding hydrogens is 293 g/mol. The van der Waals surface area contributed by atoms with Gasteiger partial charge < -0.3 is 0 Å². The van der Waals surface area contributed by atoms with Crippen LogP contribution in [0.3, 0.4) is 0 Å². The first-order valence-electron chi connectivity index (χ1n) is 6.81. The Morgan fingerprint density at radius 1 is 1.09 bits per heavy atom. The van der Waals surface area contributed by atoms with E-state index >= 15 is 0 Å². The Balaban J connectivity index is 1.98. The summed E-state index contributed by atoms with van der Waals surface area (Å²) in [7, 11) is 0. The molecule has 0 unspecified atom stereocenters. The van der Waals surface area contributed by atoms with Crippen molar-refractivity contribution in [2.24, 2.45) is 0 Å². The van der Waals surface area contributed by atoms with E-state index in [1.54, 1.807) is 6.07 Å². The molecule has 0 saturated carbocycles. The summed E-state index contributed by atoms with van der Waals surface area (Å²) in [5.74, 6) is -0.924. The molecule has 0 aliphatic carbocycles. The Bertz CT molecular complexity index is 956. The van der Waals surface area contributed by atoms with Gasteiger partial charge in [-0.2, -0.15) is 5.26 Å². The van der Waals surface area contributed by atoms with Gasteiger partial charge in [-0.25, -0.2) is 9.37 Å². The van der Waals surface area contributed by atoms with Crippen LogP contribution in [-0.4, -0.2) is 15.8 Å². The summed E-state index contributed by atoms with van der Waals surface area (Å²) in [4.78, 5) is 20.9. The molecule has 0 aliphatic rings. The first-order chi connectivity index (χ1) is 11.2. The number of nitriles is 1. The van der Waals surface area contributed by atoms with E-state index in [1.165, 1.54) is 36.5 Å². The standard InChI is InChI=1S/C18H10FN3O/c19-14-7-5-12(6-8-14)18(23)13(10-20)9-15-11-21-16-3-1-2-4-17(16)22-15/h1-9,11H/b13-9+. The van der Waals surface area contributed by atoms with Crippen molar-refractivity contribution >= 4 is 22.9 Å². The molecule has 0 saturated heterocycles. The fraction of sp³-hybridized carbons (Fsp3) is 0. The van der Waals surface area contributed by atoms with Gasteiger partial charge in [0.1, 0.15) is 17.5 Å². The molecule has 0 spiro atoms. The lowest BCUT2D eigenvalue weighted by Gasteiger charge is -2.01. The van der Waals surface area contributed by atoms with Crippen LogP contribution in [0.2, 0.25) is 0 Å². The smallest absolute Gasteiger partial charge is 0.203 e. The molecule has 1 aromatic heterocycles. The fourth-order valence-electron chi connectivity index (χ4n) is 2.09. The number of hydrogen-bond donors (Lipinski definition) is 0. The molecule has 0 radical (unpaired) electrons. The lowest BCUT2D eigenvalue weighted by molar-refractivity contribution is 0.104. The van der Waals surface area contributed by atoms with Gasteiger partial charge in [-0.1, -0.05) is 12.1 Å². The SMILES string of the molecule is N#C/C(=C\c1cnc2ccccc2n1)C(=O)c1ccc(F)cc1. The van der Waals surface area contributed by atoms with E-state index in [0.29, 0.717) is 11.2 Å². The maximum Gasteiger partial charge on any atom is 0.203 e. The number of para-hydroxylation sites is 2. The molecule has 0 N–H and O–H groups in total. The van der Waals surface area contributed by atoms with Gasteiger partial charge in [-0.05, 0) is 42.5 Å². The van der Waals surface area contributed by atoms with E-state index in [1.807, 2.05) is 24.3 Å². The number of ketones is 1. The molecule has 0 atom stereocenters. The second-order valence-electron chi connectivity index (χ2n) is 4.79. The van der Waals surface area contributed by atoms with Crippen LogP contribution in [-0.2, 0) is 0 Å². The number of Topliss-reactive ketones (excluding diaryl/α,β-unsaturated/α-hetero) is 1. The largest absolute Gasteiger partial charge is 0.288 e. The number of carbonyl (C=O) groups is 1. The van der Waals surface area contributed by atoms with Crippen LogP contribution < -0.4 is 0 Å². The predicted molar refractivity (Wildman–Crippen MR) is 83.9 cm³/mol. The minimum atomic E-state index is -0.484. The monoisotopic (exact) mass is 303 g/mol. The Kier molecular flexibility index (Phi) is 3.89. The van der Waals surface area contributed by atoms with Crippen molar-refractivity contribution in [3.05, 3.63) is 77.4 Å². The van der Waals surface area contributed by atoms with Crippen LogP contribution in [0.1, 0.15) is 16.1 Å². The molecule has 23 heavy (non-hydrogen) atoms. The lowest BCUT2D eigenvalue weighted by Crippen LogP contribution is -2.02. The third-order valence-electron chi connectivity index (χ3n) is 3.23. The number of halogens is 1. The molecule has 2 aromatic carbocycles. The van der Waals surface area contributed by atoms with Crippen LogP contribution in [0.15, 0.2) is 60.3 Å². The Morgan fingerprint density at radius 3 is 2.48 bits per heavy atom. The summed E-state index contributed by atoms with van der Waals surface area (Å²) in [5, 5.41) is 9.23. The van der Waals surface area contributed by atoms with Crippen LogP contribution in [0, 0.1) is 17.1 Å². The van der Waals surface area contributed by atoms with Crippen molar-refractivity contribution in [1.29, 1.82) is 5.26 Å². The molecule has 4 nitrogen and oxygen atoms in total. The highest BCUT2D eigenvalue weighted by molar-refractivity contribution is 6.13. The summed E-state index contributed by atoms with van der Waals surface area (Å²) >= 11 is 0. The molecule has 0 bridgehead atoms. The number of aromatic nitrogens is 2. The van der Waals surface area contributed by atoms with E-state index in [9.17, 15) is 14.4 Å². The third kappa shape index (κ3) is 3.11. The normalized spacial score (nSPS) is 11.2. The molecule has 5 heteroatoms. The Hall–Kier alpha value is -3.39. The summed E-state index contributed by atoms with van der Waals surface area (Å²) in [5.41, 5.74) is 1.98. The minimum Gasteiger partial charge on any atom is -0.288 e. The van der Waals surface area contributed by atoms with Gasteiger partial charge in [-0.15, -0.1) is 0 Å². The number of allylic oxidation sites excluding steroid dienone is 1. The zero-order valence-electron chi connectivity index (χ0n) is 11.9. The highest BCUT2D eigenvalue weighted by Crippen LogP contribution is 2.14. The van der Waals surface area contributed by atoms with Gasteiger partial charge in [0.15, 0.2) is 0 Å². The maximum absolute atomic E-state index is 12.9. The van der Waals surface area contributed by atoms with Crippen molar-refractivity contribution in [2.45, 2.75) is 0 Å². The summed E-state index contributed by atoms with van der Waals surface area (Å²) < 4.78 is 12.9. The van der Waals surface area contributed by atoms with Crippen LogP contribution >= 0.6 is 0 Å². The molecule has 0 aliphatic heterocycles. The van der Waals surface area contributed by atoms with E-state index in [4.69, 9.17) is 0 Å². The number of nitrogens with zero attached hydrogens (tertiary/aromatic N) is 3. The Morgan fingerprint density at radius 2 is 1.78 bits per heavy atom. The van der Waals surface area contributed by atoms with Crippen molar-refractivity contribution in [3.63, 3.8) is 0 Å². The molecular formula is C18H10FN3O. The summed E-state index contributed by atoms with van der Waals surface area (Å²) in [6.45, 7) is 0. The first kappa shape index (κ1) is 14.5. The van der Waals surface area contributed by atoms with E-state index in [-0.39, 0.29) is 11.1 Å². The third-order valence-corrected chi connectivity index (χ3v) is 3.23. The number of carbonyl (C=O) groups excluding carboxylic acids is 1. The quantitative estimate of drug-likeness (QED) is 0.421. The molecule has 0 fully saturated rings. The number of fused-ring (bicyclic) bond motifs is 1. The van der Waals surface area contributed by atoms with Gasteiger partial charge in [0, 0.05) is 5.56 Å². The minimum absolute atomic E-state index is 0.0822. The highest BCUT2D eigenvalue weighted by Gasteiger charge is 2.12. The van der Waals surface area contributed by atoms with Crippen LogP contribution in [0.4, 0.5) is 4.39 Å². The fourth-order valence-corrected chi connectivity index (χ4v) is 2.09. The zero-order valence-corrected chi connectivity index (χ0v) is 11.9. The van der Waals surface area contributed by atoms with Gasteiger partial charge in [0.2, 0.25) is 5.78 Å². The van der Waals surface area contributed by atoms with Crippen molar-refractivity contribution < 1.29 is 9.18 Å². The van der Waals surface area contributed by atoms with Gasteiger partial charge in [0.25, 0.3) is 0 Å². The lowest BCUT2D eigenvalue weighted by atomic mass is 10.0. The topological polar surface area (TPSA) is 66.6 Å². The van der Waals surface area contributed by atoms with E-state index in [2.05, 4.69) is 9.97 Å². The van der Waals surface area contributed by atoms with Crippen molar-refractivity contribution in [3.8, 4) is 6.07 Å². The second-order valence-corrected chi connectivity index (χ2v) is 4.79. The van der Waals surface area contributed by atoms with E-state index < -0.39 is 11.6 Å². The molecule has 110 valence electrons. The van der Waals surface area contributed by atoms with Gasteiger partial charge in [-0.3, -0.25) is 9.78 Å². The second kappa shape index (κ2) is 6.16. The van der Waals surface area contributed by atoms with Crippen molar-refractivity contribution in [2.75, 3.05) is 0 Å². The molecule has 1 heterocycles. The van der Waals surface area contributed by atoms with Gasteiger partial charge in [0.05, 0.1) is 22.9 Å². The van der Waals surface area contributed by atoms with E-state index in [0.717, 1.165) is 5.52 Å². The molecule has 3 rings (SSSR count). The summed E-state index contributed by atoms with van der Waals surface area (Å²) in [6.07, 6.45) is 2.88. The molecule has 0 amide bonds. The number of hydrogen-bond acceptors (Lipinski definition) is 4. The zero-order chi connectivity index (χ0) is 16.2.